The molecule has 0 aliphatic carbocycles. The molecule has 0 saturated carbocycles. The van der Waals surface area contributed by atoms with Crippen LogP contribution in [0, 0.1) is 0 Å². The first kappa shape index (κ1) is 18.6. The van der Waals surface area contributed by atoms with Gasteiger partial charge in [-0.3, -0.25) is 9.36 Å². The Morgan fingerprint density at radius 3 is 3.00 bits per heavy atom. The van der Waals surface area contributed by atoms with E-state index in [-0.39, 0.29) is 23.4 Å². The number of aromatic nitrogens is 3. The van der Waals surface area contributed by atoms with Crippen molar-refractivity contribution in [2.24, 2.45) is 0 Å². The third-order valence-electron chi connectivity index (χ3n) is 3.52. The quantitative estimate of drug-likeness (QED) is 0.702. The molecule has 8 heteroatoms. The molecule has 1 amide bonds. The summed E-state index contributed by atoms with van der Waals surface area (Å²) in [6, 6.07) is 7.25. The molecule has 0 bridgehead atoms. The molecular formula is C16H21ClN4O2S. The van der Waals surface area contributed by atoms with Crippen molar-refractivity contribution >= 4 is 29.3 Å². The molecule has 1 atom stereocenters. The second kappa shape index (κ2) is 8.94. The van der Waals surface area contributed by atoms with Crippen LogP contribution >= 0.6 is 23.4 Å². The fourth-order valence-corrected chi connectivity index (χ4v) is 3.18. The lowest BCUT2D eigenvalue weighted by molar-refractivity contribution is -0.119. The van der Waals surface area contributed by atoms with E-state index in [2.05, 4.69) is 22.4 Å². The number of aromatic amines is 1. The number of hydrogen-bond donors (Lipinski definition) is 2. The summed E-state index contributed by atoms with van der Waals surface area (Å²) < 4.78 is 1.57. The van der Waals surface area contributed by atoms with E-state index in [9.17, 15) is 9.59 Å². The zero-order valence-electron chi connectivity index (χ0n) is 13.7. The molecule has 0 aliphatic rings. The Hall–Kier alpha value is -1.73. The first-order valence-electron chi connectivity index (χ1n) is 7.84. The molecule has 0 radical (unpaired) electrons. The van der Waals surface area contributed by atoms with Crippen LogP contribution in [-0.2, 0) is 11.3 Å². The third kappa shape index (κ3) is 5.14. The van der Waals surface area contributed by atoms with Crippen LogP contribution in [-0.4, -0.2) is 26.4 Å². The third-order valence-corrected chi connectivity index (χ3v) is 4.73. The van der Waals surface area contributed by atoms with Gasteiger partial charge >= 0.3 is 5.69 Å². The number of carbonyl (C=O) groups is 1. The Bertz CT molecular complexity index is 744. The zero-order chi connectivity index (χ0) is 17.5. The van der Waals surface area contributed by atoms with Gasteiger partial charge in [-0.05, 0) is 31.0 Å². The van der Waals surface area contributed by atoms with Gasteiger partial charge in [0.15, 0.2) is 5.16 Å². The monoisotopic (exact) mass is 368 g/mol. The highest BCUT2D eigenvalue weighted by atomic mass is 35.5. The van der Waals surface area contributed by atoms with Crippen LogP contribution in [0.5, 0.6) is 0 Å². The molecule has 130 valence electrons. The lowest BCUT2D eigenvalue weighted by atomic mass is 10.1. The van der Waals surface area contributed by atoms with Gasteiger partial charge in [0.05, 0.1) is 11.8 Å². The molecular weight excluding hydrogens is 348 g/mol. The topological polar surface area (TPSA) is 79.8 Å². The van der Waals surface area contributed by atoms with Crippen molar-refractivity contribution in [3.63, 3.8) is 0 Å². The van der Waals surface area contributed by atoms with E-state index < -0.39 is 0 Å². The standard InChI is InChI=1S/C16H21ClN4O2S/c1-3-4-8-21-15(23)19-20-16(21)24-10-14(22)18-11(2)12-6-5-7-13(17)9-12/h5-7,9,11H,3-4,8,10H2,1-2H3,(H,18,22)(H,19,23)/t11-/m1/s1. The highest BCUT2D eigenvalue weighted by Crippen LogP contribution is 2.18. The number of thioether (sulfide) groups is 1. The van der Waals surface area contributed by atoms with Crippen LogP contribution in [0.15, 0.2) is 34.2 Å². The zero-order valence-corrected chi connectivity index (χ0v) is 15.3. The Kier molecular flexibility index (Phi) is 6.93. The molecule has 1 heterocycles. The van der Waals surface area contributed by atoms with Crippen LogP contribution in [0.25, 0.3) is 0 Å². The molecule has 0 unspecified atom stereocenters. The largest absolute Gasteiger partial charge is 0.349 e. The molecule has 6 nitrogen and oxygen atoms in total. The first-order chi connectivity index (χ1) is 11.5. The predicted molar refractivity (Wildman–Crippen MR) is 96.5 cm³/mol. The van der Waals surface area contributed by atoms with E-state index in [1.165, 1.54) is 11.8 Å². The molecule has 2 N–H and O–H groups in total. The van der Waals surface area contributed by atoms with Crippen LogP contribution < -0.4 is 11.0 Å². The van der Waals surface area contributed by atoms with Gasteiger partial charge in [-0.1, -0.05) is 48.8 Å². The summed E-state index contributed by atoms with van der Waals surface area (Å²) in [6.45, 7) is 4.57. The van der Waals surface area contributed by atoms with Gasteiger partial charge < -0.3 is 5.32 Å². The molecule has 24 heavy (non-hydrogen) atoms. The number of amides is 1. The number of carbonyl (C=O) groups excluding carboxylic acids is 1. The number of halogens is 1. The minimum absolute atomic E-state index is 0.120. The fourth-order valence-electron chi connectivity index (χ4n) is 2.20. The number of benzene rings is 1. The van der Waals surface area contributed by atoms with Crippen molar-refractivity contribution in [1.82, 2.24) is 20.1 Å². The average Bonchev–Trinajstić information content (AvgIpc) is 2.91. The van der Waals surface area contributed by atoms with Gasteiger partial charge in [-0.15, -0.1) is 5.10 Å². The summed E-state index contributed by atoms with van der Waals surface area (Å²) in [5, 5.41) is 10.5. The molecule has 1 aromatic carbocycles. The Morgan fingerprint density at radius 2 is 2.29 bits per heavy atom. The maximum absolute atomic E-state index is 12.1. The molecule has 1 aromatic heterocycles. The van der Waals surface area contributed by atoms with E-state index in [4.69, 9.17) is 11.6 Å². The first-order valence-corrected chi connectivity index (χ1v) is 9.20. The van der Waals surface area contributed by atoms with Gasteiger partial charge in [-0.25, -0.2) is 9.89 Å². The molecule has 0 spiro atoms. The molecule has 2 aromatic rings. The fraction of sp³-hybridized carbons (Fsp3) is 0.438. The Morgan fingerprint density at radius 1 is 1.50 bits per heavy atom. The van der Waals surface area contributed by atoms with Gasteiger partial charge in [0, 0.05) is 11.6 Å². The van der Waals surface area contributed by atoms with E-state index in [0.29, 0.717) is 16.7 Å². The smallest absolute Gasteiger partial charge is 0.343 e. The van der Waals surface area contributed by atoms with Crippen molar-refractivity contribution in [2.75, 3.05) is 5.75 Å². The van der Waals surface area contributed by atoms with Gasteiger partial charge in [0.25, 0.3) is 0 Å². The number of nitrogens with zero attached hydrogens (tertiary/aromatic N) is 2. The lowest BCUT2D eigenvalue weighted by Crippen LogP contribution is -2.28. The number of nitrogens with one attached hydrogen (secondary N) is 2. The van der Waals surface area contributed by atoms with Crippen molar-refractivity contribution in [1.29, 1.82) is 0 Å². The SMILES string of the molecule is CCCCn1c(SCC(=O)N[C@H](C)c2cccc(Cl)c2)n[nH]c1=O. The van der Waals surface area contributed by atoms with Crippen molar-refractivity contribution < 1.29 is 4.79 Å². The Balaban J connectivity index is 1.90. The highest BCUT2D eigenvalue weighted by molar-refractivity contribution is 7.99. The number of rotatable bonds is 8. The molecule has 0 fully saturated rings. The summed E-state index contributed by atoms with van der Waals surface area (Å²) >= 11 is 7.22. The van der Waals surface area contributed by atoms with Crippen molar-refractivity contribution in [2.45, 2.75) is 44.4 Å². The van der Waals surface area contributed by atoms with E-state index in [0.717, 1.165) is 18.4 Å². The summed E-state index contributed by atoms with van der Waals surface area (Å²) in [5.41, 5.74) is 0.708. The van der Waals surface area contributed by atoms with Gasteiger partial charge in [-0.2, -0.15) is 0 Å². The molecule has 2 rings (SSSR count). The highest BCUT2D eigenvalue weighted by Gasteiger charge is 2.13. The molecule has 0 aliphatic heterocycles. The van der Waals surface area contributed by atoms with Crippen LogP contribution in [0.2, 0.25) is 5.02 Å². The second-order valence-electron chi connectivity index (χ2n) is 5.45. The minimum Gasteiger partial charge on any atom is -0.349 e. The van der Waals surface area contributed by atoms with Crippen molar-refractivity contribution in [3.05, 3.63) is 45.3 Å². The average molecular weight is 369 g/mol. The van der Waals surface area contributed by atoms with E-state index >= 15 is 0 Å². The maximum atomic E-state index is 12.1. The van der Waals surface area contributed by atoms with Gasteiger partial charge in [0.2, 0.25) is 5.91 Å². The summed E-state index contributed by atoms with van der Waals surface area (Å²) in [6.07, 6.45) is 1.88. The lowest BCUT2D eigenvalue weighted by Gasteiger charge is -2.14. The summed E-state index contributed by atoms with van der Waals surface area (Å²) in [5.74, 6) is 0.0754. The number of H-pyrrole nitrogens is 1. The predicted octanol–water partition coefficient (Wildman–Crippen LogP) is 2.99. The molecule has 0 saturated heterocycles. The van der Waals surface area contributed by atoms with Crippen LogP contribution in [0.4, 0.5) is 0 Å². The number of hydrogen-bond acceptors (Lipinski definition) is 4. The summed E-state index contributed by atoms with van der Waals surface area (Å²) in [7, 11) is 0. The van der Waals surface area contributed by atoms with Crippen LogP contribution in [0.1, 0.15) is 38.3 Å². The second-order valence-corrected chi connectivity index (χ2v) is 6.83. The maximum Gasteiger partial charge on any atom is 0.343 e. The Labute approximate surface area is 150 Å². The summed E-state index contributed by atoms with van der Waals surface area (Å²) in [4.78, 5) is 23.8. The van der Waals surface area contributed by atoms with E-state index in [1.807, 2.05) is 25.1 Å². The van der Waals surface area contributed by atoms with Gasteiger partial charge in [0.1, 0.15) is 0 Å². The normalized spacial score (nSPS) is 12.1. The van der Waals surface area contributed by atoms with Crippen molar-refractivity contribution in [3.8, 4) is 0 Å². The number of unbranched alkanes of at least 4 members (excludes halogenated alkanes) is 1. The van der Waals surface area contributed by atoms with E-state index in [1.54, 1.807) is 10.6 Å². The van der Waals surface area contributed by atoms with Crippen LogP contribution in [0.3, 0.4) is 0 Å². The minimum atomic E-state index is -0.237.